The predicted molar refractivity (Wildman–Crippen MR) is 462 cm³/mol. The van der Waals surface area contributed by atoms with Crippen molar-refractivity contribution >= 4 is 34.8 Å². The van der Waals surface area contributed by atoms with Gasteiger partial charge in [0.1, 0.15) is 48.2 Å². The smallest absolute Gasteiger partial charge is 0.368 e. The van der Waals surface area contributed by atoms with E-state index in [4.69, 9.17) is 58.5 Å². The van der Waals surface area contributed by atoms with E-state index in [0.717, 1.165) is 113 Å². The molecule has 0 aliphatic heterocycles. The summed E-state index contributed by atoms with van der Waals surface area (Å²) >= 11 is 18.5. The summed E-state index contributed by atoms with van der Waals surface area (Å²) in [7, 11) is 7.79. The summed E-state index contributed by atoms with van der Waals surface area (Å²) in [6.07, 6.45) is 2.54. The van der Waals surface area contributed by atoms with E-state index in [1.54, 1.807) is 59.6 Å². The molecule has 0 aliphatic carbocycles. The number of aryl methyl sites for hydroxylation is 19. The molecule has 15 rings (SSSR count). The van der Waals surface area contributed by atoms with Crippen molar-refractivity contribution in [2.45, 2.75) is 136 Å². The van der Waals surface area contributed by atoms with E-state index in [1.807, 2.05) is 205 Å². The van der Waals surface area contributed by atoms with Crippen LogP contribution in [0.15, 0.2) is 164 Å². The molecule has 0 unspecified atom stereocenters. The molecule has 0 bridgehead atoms. The topological polar surface area (TPSA) is 374 Å². The number of hydrogen-bond acceptors (Lipinski definition) is 25. The fourth-order valence-corrected chi connectivity index (χ4v) is 13.0. The molecule has 10 heterocycles. The van der Waals surface area contributed by atoms with Crippen LogP contribution in [0, 0.1) is 90.0 Å². The lowest BCUT2D eigenvalue weighted by molar-refractivity contribution is 0.290. The van der Waals surface area contributed by atoms with Gasteiger partial charge in [-0.2, -0.15) is 46.8 Å². The van der Waals surface area contributed by atoms with E-state index in [0.29, 0.717) is 86.2 Å². The minimum atomic E-state index is -0.326. The van der Waals surface area contributed by atoms with Crippen molar-refractivity contribution in [1.29, 1.82) is 0 Å². The first kappa shape index (κ1) is 89.8. The molecule has 5 aromatic carbocycles. The van der Waals surface area contributed by atoms with Crippen LogP contribution in [0.2, 0.25) is 15.2 Å². The van der Waals surface area contributed by atoms with E-state index in [-0.39, 0.29) is 48.3 Å². The van der Waals surface area contributed by atoms with Crippen molar-refractivity contribution in [3.63, 3.8) is 0 Å². The molecule has 35 nitrogen and oxygen atoms in total. The largest absolute Gasteiger partial charge is 0.473 e. The lowest BCUT2D eigenvalue weighted by atomic mass is 10.1. The zero-order valence-electron chi connectivity index (χ0n) is 71.4. The summed E-state index contributed by atoms with van der Waals surface area (Å²) in [6, 6.07) is 41.4. The first-order valence-electron chi connectivity index (χ1n) is 38.6. The SMILES string of the molecule is CCc1nc(OCc2c(C)cccc2-n2nnn(C)c2=O)ccc1C.Cc1cc(C)c(OCc2c(C)cccc2-n2nnn(C)c2=O)nc1Cl.Cc1cc(Cl)c(OCc2c(C)cccc2-n2nnn(C)c2=O)nc1C.Cc1ccc(OCc2c(C)cccc2-n2nnn(C)c2=O)nc1C.Cc1cnc(OCc2c(C)cccc2-n2nnn(C)c2=O)c(Cl)c1. The molecular formula is C85H92Cl3N25O10. The number of rotatable bonds is 21. The van der Waals surface area contributed by atoms with Crippen LogP contribution in [0.3, 0.4) is 0 Å². The number of tetrazole rings is 5. The number of ether oxygens (including phenoxy) is 5. The van der Waals surface area contributed by atoms with Crippen LogP contribution >= 0.6 is 34.8 Å². The average molecular weight is 1730 g/mol. The highest BCUT2D eigenvalue weighted by molar-refractivity contribution is 6.32. The lowest BCUT2D eigenvalue weighted by Gasteiger charge is -2.14. The molecule has 0 N–H and O–H groups in total. The Labute approximate surface area is 721 Å². The van der Waals surface area contributed by atoms with Gasteiger partial charge in [0.15, 0.2) is 0 Å². The van der Waals surface area contributed by atoms with Gasteiger partial charge in [0.2, 0.25) is 29.4 Å². The molecule has 0 aliphatic rings. The van der Waals surface area contributed by atoms with Gasteiger partial charge < -0.3 is 23.7 Å². The second-order valence-electron chi connectivity index (χ2n) is 28.8. The minimum Gasteiger partial charge on any atom is -0.473 e. The average Bonchev–Trinajstić information content (AvgIpc) is 1.77. The highest BCUT2D eigenvalue weighted by Crippen LogP contribution is 2.31. The summed E-state index contributed by atoms with van der Waals surface area (Å²) in [5.74, 6) is 2.31. The van der Waals surface area contributed by atoms with E-state index < -0.39 is 0 Å². The highest BCUT2D eigenvalue weighted by Gasteiger charge is 2.22. The molecule has 0 spiro atoms. The number of halogens is 3. The van der Waals surface area contributed by atoms with Gasteiger partial charge in [-0.1, -0.05) is 115 Å². The molecular weight excluding hydrogens is 1640 g/mol. The maximum Gasteiger partial charge on any atom is 0.368 e. The highest BCUT2D eigenvalue weighted by atomic mass is 35.5. The minimum absolute atomic E-state index is 0.209. The van der Waals surface area contributed by atoms with E-state index >= 15 is 0 Å². The van der Waals surface area contributed by atoms with Gasteiger partial charge in [0, 0.05) is 104 Å². The molecule has 0 radical (unpaired) electrons. The summed E-state index contributed by atoms with van der Waals surface area (Å²) < 4.78 is 41.4. The Morgan fingerprint density at radius 1 is 0.301 bits per heavy atom. The molecule has 0 amide bonds. The Balaban J connectivity index is 0.000000150. The van der Waals surface area contributed by atoms with Crippen molar-refractivity contribution < 1.29 is 23.7 Å². The van der Waals surface area contributed by atoms with E-state index in [9.17, 15) is 24.0 Å². The van der Waals surface area contributed by atoms with Gasteiger partial charge in [-0.25, -0.2) is 48.9 Å². The van der Waals surface area contributed by atoms with Crippen LogP contribution in [0.4, 0.5) is 0 Å². The number of pyridine rings is 5. The molecule has 38 heteroatoms. The molecule has 0 saturated carbocycles. The Hall–Kier alpha value is -13.9. The van der Waals surface area contributed by atoms with Crippen molar-refractivity contribution in [2.24, 2.45) is 35.2 Å². The van der Waals surface area contributed by atoms with Crippen molar-refractivity contribution in [2.75, 3.05) is 0 Å². The molecule has 0 fully saturated rings. The van der Waals surface area contributed by atoms with Crippen LogP contribution in [-0.4, -0.2) is 124 Å². The van der Waals surface area contributed by atoms with Crippen LogP contribution < -0.4 is 52.1 Å². The van der Waals surface area contributed by atoms with Gasteiger partial charge in [-0.15, -0.1) is 0 Å². The van der Waals surface area contributed by atoms with Crippen LogP contribution in [0.1, 0.15) is 113 Å². The van der Waals surface area contributed by atoms with Gasteiger partial charge in [-0.3, -0.25) is 0 Å². The number of aromatic nitrogens is 25. The summed E-state index contributed by atoms with van der Waals surface area (Å²) in [4.78, 5) is 82.6. The third kappa shape index (κ3) is 21.3. The fourth-order valence-electron chi connectivity index (χ4n) is 12.3. The second-order valence-corrected chi connectivity index (χ2v) is 30.0. The maximum absolute atomic E-state index is 12.2. The number of benzene rings is 5. The van der Waals surface area contributed by atoms with Gasteiger partial charge in [0.05, 0.1) is 28.4 Å². The van der Waals surface area contributed by atoms with Crippen LogP contribution in [-0.2, 0) is 74.7 Å². The second kappa shape index (κ2) is 40.0. The third-order valence-electron chi connectivity index (χ3n) is 19.9. The standard InChI is InChI=1S/C18H21N5O2.2C17H18ClN5O2.C17H19N5O2.C16H16ClN5O2/c1-5-15-13(3)9-10-17(19-15)25-11-14-12(2)7-6-8-16(14)23-18(24)22(4)20-21-23;1-10-6-5-7-15(23-17(24)22(4)20-21-23)13(10)9-25-16-14(18)8-11(2)12(3)19-16;1-10-6-5-7-14(23-17(24)22(4)20-21-23)13(10)9-25-16-12(3)8-11(2)15(18)19-16;1-11-8-9-16(18-13(11)3)24-10-14-12(2)6-5-7-15(14)22-17(23)21(4)19-20-22;1-10-7-13(17)15(18-8-10)24-9-12-11(2)5-4-6-14(12)22-16(23)21(3)19-20-22/h6-10H,5,11H2,1-4H3;2*5-8H,9H2,1-4H3;5-9H,10H2,1-4H3;4-8H,9H2,1-3H3. The Morgan fingerprint density at radius 2 is 0.626 bits per heavy atom. The van der Waals surface area contributed by atoms with Gasteiger partial charge >= 0.3 is 28.4 Å². The monoisotopic (exact) mass is 1730 g/mol. The molecule has 638 valence electrons. The zero-order chi connectivity index (χ0) is 88.8. The summed E-state index contributed by atoms with van der Waals surface area (Å²) in [5.41, 5.74) is 19.6. The van der Waals surface area contributed by atoms with E-state index in [2.05, 4.69) is 84.0 Å². The third-order valence-corrected chi connectivity index (χ3v) is 20.9. The Morgan fingerprint density at radius 3 is 0.967 bits per heavy atom. The van der Waals surface area contributed by atoms with Crippen LogP contribution in [0.25, 0.3) is 28.4 Å². The lowest BCUT2D eigenvalue weighted by Crippen LogP contribution is -2.23. The van der Waals surface area contributed by atoms with Crippen molar-refractivity contribution in [3.8, 4) is 57.8 Å². The van der Waals surface area contributed by atoms with E-state index in [1.165, 1.54) is 46.8 Å². The molecule has 0 saturated heterocycles. The fraction of sp³-hybridized carbons (Fsp3) is 0.294. The van der Waals surface area contributed by atoms with Crippen molar-refractivity contribution in [1.82, 2.24) is 124 Å². The predicted octanol–water partition coefficient (Wildman–Crippen LogP) is 11.2. The van der Waals surface area contributed by atoms with Crippen molar-refractivity contribution in [3.05, 3.63) is 313 Å². The summed E-state index contributed by atoms with van der Waals surface area (Å²) in [5, 5.41) is 39.7. The zero-order valence-corrected chi connectivity index (χ0v) is 73.7. The number of nitrogens with zero attached hydrogens (tertiary/aromatic N) is 25. The maximum atomic E-state index is 12.2. The Kier molecular flexibility index (Phi) is 29.2. The molecule has 15 aromatic rings. The normalized spacial score (nSPS) is 10.9. The molecule has 123 heavy (non-hydrogen) atoms. The van der Waals surface area contributed by atoms with Crippen LogP contribution in [0.5, 0.6) is 29.4 Å². The summed E-state index contributed by atoms with van der Waals surface area (Å²) in [6.45, 7) is 28.6. The van der Waals surface area contributed by atoms with Gasteiger partial charge in [0.25, 0.3) is 0 Å². The van der Waals surface area contributed by atoms with Gasteiger partial charge in [-0.05, 0) is 253 Å². The Bertz CT molecular complexity index is 6510. The first-order chi connectivity index (χ1) is 58.7. The number of hydrogen-bond donors (Lipinski definition) is 0. The molecule has 0 atom stereocenters. The molecule has 10 aromatic heterocycles. The first-order valence-corrected chi connectivity index (χ1v) is 39.7. The quantitative estimate of drug-likeness (QED) is 0.0603.